The lowest BCUT2D eigenvalue weighted by Gasteiger charge is -2.50. The van der Waals surface area contributed by atoms with E-state index in [4.69, 9.17) is 0 Å². The quantitative estimate of drug-likeness (QED) is 0.379. The van der Waals surface area contributed by atoms with E-state index in [1.54, 1.807) is 30.5 Å². The molecular formula is C30H35F3N2O3S. The van der Waals surface area contributed by atoms with Crippen molar-refractivity contribution in [2.75, 3.05) is 6.26 Å². The van der Waals surface area contributed by atoms with Crippen LogP contribution in [0.25, 0.3) is 16.6 Å². The minimum Gasteiger partial charge on any atom is -0.380 e. The zero-order chi connectivity index (χ0) is 27.8. The molecule has 0 aliphatic heterocycles. The number of nitrogens with zero attached hydrogens (tertiary/aromatic N) is 2. The van der Waals surface area contributed by atoms with Crippen LogP contribution < -0.4 is 0 Å². The van der Waals surface area contributed by atoms with E-state index in [1.165, 1.54) is 18.2 Å². The lowest BCUT2D eigenvalue weighted by molar-refractivity contribution is -0.279. The van der Waals surface area contributed by atoms with Gasteiger partial charge in [-0.1, -0.05) is 13.3 Å². The Morgan fingerprint density at radius 2 is 1.79 bits per heavy atom. The van der Waals surface area contributed by atoms with Crippen LogP contribution >= 0.6 is 0 Å². The maximum atomic E-state index is 13.9. The molecule has 6 rings (SSSR count). The molecule has 39 heavy (non-hydrogen) atoms. The monoisotopic (exact) mass is 560 g/mol. The van der Waals surface area contributed by atoms with Gasteiger partial charge in [0.05, 0.1) is 22.3 Å². The van der Waals surface area contributed by atoms with Gasteiger partial charge in [0.25, 0.3) is 0 Å². The van der Waals surface area contributed by atoms with Gasteiger partial charge < -0.3 is 5.11 Å². The summed E-state index contributed by atoms with van der Waals surface area (Å²) in [6, 6.07) is 11.0. The summed E-state index contributed by atoms with van der Waals surface area (Å²) >= 11 is 0. The fourth-order valence-electron chi connectivity index (χ4n) is 7.72. The Labute approximate surface area is 227 Å². The van der Waals surface area contributed by atoms with Gasteiger partial charge in [0.1, 0.15) is 0 Å². The number of rotatable bonds is 4. The molecule has 5 nitrogen and oxygen atoms in total. The van der Waals surface area contributed by atoms with Gasteiger partial charge in [-0.25, -0.2) is 13.1 Å². The molecule has 9 heteroatoms. The van der Waals surface area contributed by atoms with Crippen LogP contribution in [0.2, 0.25) is 0 Å². The zero-order valence-corrected chi connectivity index (χ0v) is 23.2. The van der Waals surface area contributed by atoms with E-state index in [0.29, 0.717) is 18.8 Å². The van der Waals surface area contributed by atoms with Crippen LogP contribution in [0.1, 0.15) is 81.8 Å². The third-order valence-electron chi connectivity index (χ3n) is 10.2. The third-order valence-corrected chi connectivity index (χ3v) is 11.4. The molecule has 4 atom stereocenters. The maximum Gasteiger partial charge on any atom is 0.417 e. The molecule has 0 spiro atoms. The molecule has 210 valence electrons. The Bertz CT molecular complexity index is 1510. The lowest BCUT2D eigenvalue weighted by atomic mass is 9.56. The number of aromatic nitrogens is 2. The fourth-order valence-corrected chi connectivity index (χ4v) is 8.35. The van der Waals surface area contributed by atoms with Gasteiger partial charge in [0, 0.05) is 11.6 Å². The summed E-state index contributed by atoms with van der Waals surface area (Å²) in [5.74, 6) is 0.534. The van der Waals surface area contributed by atoms with Crippen molar-refractivity contribution < 1.29 is 26.7 Å². The minimum atomic E-state index is -4.63. The summed E-state index contributed by atoms with van der Waals surface area (Å²) in [6.07, 6.45) is 3.78. The topological polar surface area (TPSA) is 72.2 Å². The van der Waals surface area contributed by atoms with E-state index in [9.17, 15) is 26.7 Å². The first-order valence-corrected chi connectivity index (χ1v) is 15.9. The number of sulfone groups is 1. The largest absolute Gasteiger partial charge is 0.417 e. The predicted molar refractivity (Wildman–Crippen MR) is 144 cm³/mol. The minimum absolute atomic E-state index is 0.244. The predicted octanol–water partition coefficient (Wildman–Crippen LogP) is 6.85. The molecular weight excluding hydrogens is 525 g/mol. The molecule has 0 amide bonds. The first-order chi connectivity index (χ1) is 18.4. The summed E-state index contributed by atoms with van der Waals surface area (Å²) in [4.78, 5) is 0.244. The standard InChI is InChI=1S/C30H35F3N2O3S/c1-3-28-13-14-29(36,30(31,32)33)17-21(28)7-12-24(19-5-4-6-19)25-16-27-20(15-26(25)28)18-34-35(27)22-8-10-23(11-9-22)39(2,37)38/h8-11,15-16,18-19,21,24,36H,3-7,12-14,17H2,1-2H3/t21-,24?,28-,29-/m1/s1. The van der Waals surface area contributed by atoms with Crippen molar-refractivity contribution in [3.63, 3.8) is 0 Å². The van der Waals surface area contributed by atoms with Gasteiger partial charge in [0.2, 0.25) is 0 Å². The van der Waals surface area contributed by atoms with Crippen LogP contribution in [0.3, 0.4) is 0 Å². The number of hydrogen-bond acceptors (Lipinski definition) is 4. The highest BCUT2D eigenvalue weighted by Gasteiger charge is 2.61. The molecule has 0 saturated heterocycles. The lowest BCUT2D eigenvalue weighted by Crippen LogP contribution is -2.54. The normalized spacial score (nSPS) is 29.9. The Kier molecular flexibility index (Phi) is 6.23. The van der Waals surface area contributed by atoms with Crippen molar-refractivity contribution in [1.82, 2.24) is 9.78 Å². The second kappa shape index (κ2) is 9.06. The van der Waals surface area contributed by atoms with Crippen LogP contribution in [0, 0.1) is 11.8 Å². The van der Waals surface area contributed by atoms with Crippen LogP contribution in [0.15, 0.2) is 47.5 Å². The van der Waals surface area contributed by atoms with Crippen molar-refractivity contribution in [2.45, 2.75) is 92.7 Å². The molecule has 3 aliphatic carbocycles. The third kappa shape index (κ3) is 4.22. The highest BCUT2D eigenvalue weighted by atomic mass is 32.2. The number of fused-ring (bicyclic) bond motifs is 4. The van der Waals surface area contributed by atoms with Crippen molar-refractivity contribution in [1.29, 1.82) is 0 Å². The molecule has 1 N–H and O–H groups in total. The molecule has 3 aliphatic rings. The van der Waals surface area contributed by atoms with Gasteiger partial charge in [-0.05, 0) is 122 Å². The van der Waals surface area contributed by atoms with E-state index in [-0.39, 0.29) is 29.6 Å². The number of benzene rings is 2. The number of alkyl halides is 3. The fraction of sp³-hybridized carbons (Fsp3) is 0.567. The summed E-state index contributed by atoms with van der Waals surface area (Å²) in [6.45, 7) is 2.08. The van der Waals surface area contributed by atoms with Gasteiger partial charge in [0.15, 0.2) is 15.4 Å². The zero-order valence-electron chi connectivity index (χ0n) is 22.3. The van der Waals surface area contributed by atoms with E-state index in [1.807, 2.05) is 4.68 Å². The van der Waals surface area contributed by atoms with Crippen LogP contribution in [0.5, 0.6) is 0 Å². The molecule has 3 aromatic rings. The van der Waals surface area contributed by atoms with Gasteiger partial charge in [-0.15, -0.1) is 0 Å². The summed E-state index contributed by atoms with van der Waals surface area (Å²) in [7, 11) is -3.32. The molecule has 1 unspecified atom stereocenters. The molecule has 1 aromatic heterocycles. The van der Waals surface area contributed by atoms with Crippen LogP contribution in [0.4, 0.5) is 13.2 Å². The van der Waals surface area contributed by atoms with Crippen LogP contribution in [-0.4, -0.2) is 41.3 Å². The molecule has 2 fully saturated rings. The Morgan fingerprint density at radius 1 is 1.08 bits per heavy atom. The van der Waals surface area contributed by atoms with Crippen molar-refractivity contribution in [3.8, 4) is 5.69 Å². The average molecular weight is 561 g/mol. The summed E-state index contributed by atoms with van der Waals surface area (Å²) in [5, 5.41) is 16.3. The maximum absolute atomic E-state index is 13.9. The van der Waals surface area contributed by atoms with Crippen molar-refractivity contribution in [3.05, 3.63) is 53.7 Å². The Morgan fingerprint density at radius 3 is 2.38 bits per heavy atom. The first kappa shape index (κ1) is 26.8. The van der Waals surface area contributed by atoms with Gasteiger partial charge in [-0.3, -0.25) is 0 Å². The summed E-state index contributed by atoms with van der Waals surface area (Å²) < 4.78 is 67.5. The van der Waals surface area contributed by atoms with E-state index >= 15 is 0 Å². The molecule has 0 bridgehead atoms. The molecule has 2 saturated carbocycles. The smallest absolute Gasteiger partial charge is 0.380 e. The van der Waals surface area contributed by atoms with Crippen molar-refractivity contribution in [2.24, 2.45) is 11.8 Å². The molecule has 0 radical (unpaired) electrons. The number of halogens is 3. The van der Waals surface area contributed by atoms with Gasteiger partial charge >= 0.3 is 6.18 Å². The number of hydrogen-bond donors (Lipinski definition) is 1. The second-order valence-corrected chi connectivity index (χ2v) is 14.2. The van der Waals surface area contributed by atoms with Gasteiger partial charge in [-0.2, -0.15) is 18.3 Å². The van der Waals surface area contributed by atoms with E-state index in [2.05, 4.69) is 24.2 Å². The first-order valence-electron chi connectivity index (χ1n) is 14.0. The molecule has 1 heterocycles. The summed E-state index contributed by atoms with van der Waals surface area (Å²) in [5.41, 5.74) is 0.995. The number of aliphatic hydroxyl groups is 1. The van der Waals surface area contributed by atoms with Crippen LogP contribution in [-0.2, 0) is 15.3 Å². The van der Waals surface area contributed by atoms with Crippen molar-refractivity contribution >= 4 is 20.7 Å². The average Bonchev–Trinajstić information content (AvgIpc) is 3.21. The highest BCUT2D eigenvalue weighted by molar-refractivity contribution is 7.90. The SMILES string of the molecule is CC[C@@]12CC[C@](O)(C(F)(F)F)C[C@H]1CCC(C1CCC1)c1cc3c(cnn3-c3ccc(S(C)(=O)=O)cc3)cc12. The van der Waals surface area contributed by atoms with E-state index < -0.39 is 27.0 Å². The molecule has 2 aromatic carbocycles. The Hall–Kier alpha value is -2.39. The second-order valence-electron chi connectivity index (χ2n) is 12.1. The van der Waals surface area contributed by atoms with E-state index in [0.717, 1.165) is 47.8 Å². The highest BCUT2D eigenvalue weighted by Crippen LogP contribution is 2.60. The Balaban J connectivity index is 1.50.